The van der Waals surface area contributed by atoms with Gasteiger partial charge in [-0.1, -0.05) is 57.1 Å². The Morgan fingerprint density at radius 1 is 1.03 bits per heavy atom. The molecule has 0 radical (unpaired) electrons. The summed E-state index contributed by atoms with van der Waals surface area (Å²) in [6, 6.07) is 16.1. The van der Waals surface area contributed by atoms with Crippen LogP contribution in [0.5, 0.6) is 5.75 Å². The molecule has 7 heteroatoms. The molecular weight excluding hydrogens is 398 g/mol. The quantitative estimate of drug-likeness (QED) is 0.469. The van der Waals surface area contributed by atoms with Crippen LogP contribution in [-0.4, -0.2) is 28.0 Å². The molecule has 0 aliphatic carbocycles. The molecule has 1 N–H and O–H groups in total. The van der Waals surface area contributed by atoms with E-state index in [9.17, 15) is 4.79 Å². The Kier molecular flexibility index (Phi) is 7.52. The third-order valence-electron chi connectivity index (χ3n) is 4.28. The van der Waals surface area contributed by atoms with E-state index in [4.69, 9.17) is 9.15 Å². The largest absolute Gasteiger partial charge is 0.484 e. The number of hydrogen-bond donors (Lipinski definition) is 1. The van der Waals surface area contributed by atoms with E-state index in [2.05, 4.69) is 55.3 Å². The molecule has 158 valence electrons. The van der Waals surface area contributed by atoms with Crippen molar-refractivity contribution in [2.45, 2.75) is 50.2 Å². The fourth-order valence-corrected chi connectivity index (χ4v) is 3.60. The minimum Gasteiger partial charge on any atom is -0.484 e. The number of amides is 1. The number of hydrogen-bond acceptors (Lipinski definition) is 6. The van der Waals surface area contributed by atoms with Crippen LogP contribution < -0.4 is 10.1 Å². The fourth-order valence-electron chi connectivity index (χ4n) is 2.76. The molecule has 1 aromatic heterocycles. The van der Waals surface area contributed by atoms with Crippen molar-refractivity contribution < 1.29 is 13.9 Å². The van der Waals surface area contributed by atoms with E-state index in [0.717, 1.165) is 5.56 Å². The SMILES string of the molecule is CC(C)Sc1ccc(Cc2nnc(NC(=O)COc3ccc(C(C)C)cc3)o2)cc1. The molecule has 0 spiro atoms. The second kappa shape index (κ2) is 10.3. The van der Waals surface area contributed by atoms with Crippen LogP contribution in [0.2, 0.25) is 0 Å². The summed E-state index contributed by atoms with van der Waals surface area (Å²) in [7, 11) is 0. The van der Waals surface area contributed by atoms with Gasteiger partial charge in [0, 0.05) is 10.1 Å². The van der Waals surface area contributed by atoms with Gasteiger partial charge in [-0.15, -0.1) is 16.9 Å². The van der Waals surface area contributed by atoms with Gasteiger partial charge in [0.15, 0.2) is 6.61 Å². The van der Waals surface area contributed by atoms with Crippen LogP contribution in [0.25, 0.3) is 0 Å². The van der Waals surface area contributed by atoms with Gasteiger partial charge < -0.3 is 9.15 Å². The lowest BCUT2D eigenvalue weighted by Crippen LogP contribution is -2.20. The van der Waals surface area contributed by atoms with E-state index in [1.54, 1.807) is 0 Å². The normalized spacial score (nSPS) is 11.1. The molecule has 0 atom stereocenters. The van der Waals surface area contributed by atoms with Crippen LogP contribution in [0.15, 0.2) is 57.8 Å². The number of thioether (sulfide) groups is 1. The van der Waals surface area contributed by atoms with E-state index in [1.165, 1.54) is 10.5 Å². The van der Waals surface area contributed by atoms with Crippen LogP contribution in [0.4, 0.5) is 6.01 Å². The van der Waals surface area contributed by atoms with Crippen molar-refractivity contribution in [2.75, 3.05) is 11.9 Å². The number of carbonyl (C=O) groups is 1. The van der Waals surface area contributed by atoms with Crippen molar-refractivity contribution in [1.29, 1.82) is 0 Å². The smallest absolute Gasteiger partial charge is 0.322 e. The van der Waals surface area contributed by atoms with Crippen LogP contribution in [0, 0.1) is 0 Å². The van der Waals surface area contributed by atoms with Gasteiger partial charge in [0.1, 0.15) is 5.75 Å². The maximum absolute atomic E-state index is 12.1. The monoisotopic (exact) mass is 425 g/mol. The maximum atomic E-state index is 12.1. The number of ether oxygens (including phenoxy) is 1. The summed E-state index contributed by atoms with van der Waals surface area (Å²) in [6.07, 6.45) is 0.508. The molecule has 30 heavy (non-hydrogen) atoms. The lowest BCUT2D eigenvalue weighted by molar-refractivity contribution is -0.118. The summed E-state index contributed by atoms with van der Waals surface area (Å²) in [4.78, 5) is 13.3. The zero-order valence-corrected chi connectivity index (χ0v) is 18.5. The number of nitrogens with one attached hydrogen (secondary N) is 1. The lowest BCUT2D eigenvalue weighted by Gasteiger charge is -2.08. The molecule has 0 unspecified atom stereocenters. The molecule has 1 heterocycles. The highest BCUT2D eigenvalue weighted by molar-refractivity contribution is 7.99. The molecular formula is C23H27N3O3S. The Labute approximate surface area is 181 Å². The first-order chi connectivity index (χ1) is 14.4. The highest BCUT2D eigenvalue weighted by atomic mass is 32.2. The predicted octanol–water partition coefficient (Wildman–Crippen LogP) is 5.30. The van der Waals surface area contributed by atoms with Gasteiger partial charge in [-0.2, -0.15) is 0 Å². The van der Waals surface area contributed by atoms with Crippen molar-refractivity contribution in [3.63, 3.8) is 0 Å². The standard InChI is InChI=1S/C23H27N3O3S/c1-15(2)18-7-9-19(10-8-18)28-14-21(27)24-23-26-25-22(29-23)13-17-5-11-20(12-6-17)30-16(3)4/h5-12,15-16H,13-14H2,1-4H3,(H,24,26,27). The Morgan fingerprint density at radius 3 is 2.37 bits per heavy atom. The van der Waals surface area contributed by atoms with Crippen LogP contribution in [-0.2, 0) is 11.2 Å². The van der Waals surface area contributed by atoms with E-state index >= 15 is 0 Å². The topological polar surface area (TPSA) is 77.2 Å². The van der Waals surface area contributed by atoms with Crippen molar-refractivity contribution in [1.82, 2.24) is 10.2 Å². The lowest BCUT2D eigenvalue weighted by atomic mass is 10.0. The van der Waals surface area contributed by atoms with E-state index in [-0.39, 0.29) is 18.5 Å². The fraction of sp³-hybridized carbons (Fsp3) is 0.348. The number of benzene rings is 2. The van der Waals surface area contributed by atoms with Crippen LogP contribution in [0.3, 0.4) is 0 Å². The Morgan fingerprint density at radius 2 is 1.73 bits per heavy atom. The highest BCUT2D eigenvalue weighted by Gasteiger charge is 2.11. The Hall–Kier alpha value is -2.80. The third kappa shape index (κ3) is 6.62. The summed E-state index contributed by atoms with van der Waals surface area (Å²) in [6.45, 7) is 8.46. The first-order valence-electron chi connectivity index (χ1n) is 9.99. The number of rotatable bonds is 9. The van der Waals surface area contributed by atoms with Gasteiger partial charge >= 0.3 is 6.01 Å². The van der Waals surface area contributed by atoms with E-state index in [1.807, 2.05) is 48.2 Å². The summed E-state index contributed by atoms with van der Waals surface area (Å²) in [5, 5.41) is 11.0. The molecule has 6 nitrogen and oxygen atoms in total. The summed E-state index contributed by atoms with van der Waals surface area (Å²) < 4.78 is 11.0. The molecule has 2 aromatic carbocycles. The molecule has 1 amide bonds. The van der Waals surface area contributed by atoms with Gasteiger partial charge in [0.05, 0.1) is 6.42 Å². The summed E-state index contributed by atoms with van der Waals surface area (Å²) >= 11 is 1.82. The summed E-state index contributed by atoms with van der Waals surface area (Å²) in [5.74, 6) is 1.18. The number of carbonyl (C=O) groups excluding carboxylic acids is 1. The van der Waals surface area contributed by atoms with Gasteiger partial charge in [-0.3, -0.25) is 10.1 Å². The Balaban J connectivity index is 1.48. The van der Waals surface area contributed by atoms with Gasteiger partial charge in [-0.05, 0) is 41.3 Å². The van der Waals surface area contributed by atoms with Crippen molar-refractivity contribution in [3.05, 3.63) is 65.5 Å². The highest BCUT2D eigenvalue weighted by Crippen LogP contribution is 2.23. The average Bonchev–Trinajstić information content (AvgIpc) is 3.14. The maximum Gasteiger partial charge on any atom is 0.322 e. The second-order valence-electron chi connectivity index (χ2n) is 7.55. The molecule has 0 saturated heterocycles. The number of nitrogens with zero attached hydrogens (tertiary/aromatic N) is 2. The minimum atomic E-state index is -0.354. The number of anilines is 1. The first-order valence-corrected chi connectivity index (χ1v) is 10.9. The van der Waals surface area contributed by atoms with Gasteiger partial charge in [-0.25, -0.2) is 0 Å². The van der Waals surface area contributed by atoms with Crippen molar-refractivity contribution in [3.8, 4) is 5.75 Å². The second-order valence-corrected chi connectivity index (χ2v) is 9.20. The summed E-state index contributed by atoms with van der Waals surface area (Å²) in [5.41, 5.74) is 2.29. The zero-order chi connectivity index (χ0) is 21.5. The molecule has 0 aliphatic rings. The first kappa shape index (κ1) is 21.9. The molecule has 3 rings (SSSR count). The molecule has 0 bridgehead atoms. The molecule has 0 aliphatic heterocycles. The average molecular weight is 426 g/mol. The molecule has 0 saturated carbocycles. The van der Waals surface area contributed by atoms with Crippen LogP contribution in [0.1, 0.15) is 50.6 Å². The van der Waals surface area contributed by atoms with E-state index in [0.29, 0.717) is 29.2 Å². The predicted molar refractivity (Wildman–Crippen MR) is 119 cm³/mol. The van der Waals surface area contributed by atoms with Crippen molar-refractivity contribution in [2.24, 2.45) is 0 Å². The van der Waals surface area contributed by atoms with E-state index < -0.39 is 0 Å². The van der Waals surface area contributed by atoms with Gasteiger partial charge in [0.25, 0.3) is 5.91 Å². The third-order valence-corrected chi connectivity index (χ3v) is 5.30. The minimum absolute atomic E-state index is 0.0701. The molecule has 3 aromatic rings. The van der Waals surface area contributed by atoms with Crippen LogP contribution >= 0.6 is 11.8 Å². The Bertz CT molecular complexity index is 951. The molecule has 0 fully saturated rings. The number of aromatic nitrogens is 2. The zero-order valence-electron chi connectivity index (χ0n) is 17.7. The van der Waals surface area contributed by atoms with Crippen molar-refractivity contribution >= 4 is 23.7 Å². The van der Waals surface area contributed by atoms with Gasteiger partial charge in [0.2, 0.25) is 5.89 Å².